The van der Waals surface area contributed by atoms with Crippen molar-refractivity contribution in [3.63, 3.8) is 0 Å². The van der Waals surface area contributed by atoms with E-state index in [0.717, 1.165) is 135 Å². The maximum Gasteiger partial charge on any atom is 0.104 e. The molecule has 0 amide bonds. The molecule has 92 heavy (non-hydrogen) atoms. The van der Waals surface area contributed by atoms with E-state index >= 15 is 0 Å². The lowest BCUT2D eigenvalue weighted by molar-refractivity contribution is -0.0471. The molecule has 6 heteroatoms. The monoisotopic (exact) mass is 1300 g/mol. The molecule has 20 atom stereocenters. The van der Waals surface area contributed by atoms with Gasteiger partial charge in [-0.15, -0.1) is 0 Å². The van der Waals surface area contributed by atoms with Crippen LogP contribution in [0, 0.1) is 107 Å². The summed E-state index contributed by atoms with van der Waals surface area (Å²) < 4.78 is 24.5. The molecule has 2 N–H and O–H groups in total. The maximum atomic E-state index is 10.1. The predicted molar refractivity (Wildman–Crippen MR) is 401 cm³/mol. The number of hydrogen-bond donors (Lipinski definition) is 2. The standard InChI is InChI=1S/C86H168O6/c1-67-25-15-27-69(3)31-19-35-75(9)53-57-89-65-85(63-87)91-59-55-77(11)40-24-44-82-50-52-84(62-82)80(14)42-22-38-74(8)48-46-72(6)34-18-30-68(2)26-16-28-70(4)32-20-36-76(10)54-58-90-66-86(64-88)92-60-56-78(12)39-23-43-81-49-51-83(61-81)79(13)41-21-37-73(7)47-45-71(5)33-17-29-67/h67-88H,15-66H2,1-14H3. The van der Waals surface area contributed by atoms with Gasteiger partial charge in [0, 0.05) is 26.4 Å². The highest BCUT2D eigenvalue weighted by Gasteiger charge is 2.30. The number of fused-ring (bicyclic) bond motifs is 4. The fourth-order valence-corrected chi connectivity index (χ4v) is 17.3. The van der Waals surface area contributed by atoms with Crippen molar-refractivity contribution >= 4 is 0 Å². The third-order valence-electron chi connectivity index (χ3n) is 25.2. The lowest BCUT2D eigenvalue weighted by atomic mass is 9.85. The predicted octanol–water partition coefficient (Wildman–Crippen LogP) is 25.4. The molecule has 20 unspecified atom stereocenters. The number of ether oxygens (including phenoxy) is 4. The van der Waals surface area contributed by atoms with Crippen LogP contribution in [0.5, 0.6) is 0 Å². The Morgan fingerprint density at radius 2 is 0.446 bits per heavy atom. The molecule has 3 rings (SSSR count). The Morgan fingerprint density at radius 3 is 0.707 bits per heavy atom. The molecule has 1 heterocycles. The Kier molecular flexibility index (Phi) is 51.0. The van der Waals surface area contributed by atoms with Gasteiger partial charge in [-0.2, -0.15) is 0 Å². The second-order valence-corrected chi connectivity index (χ2v) is 35.2. The smallest absolute Gasteiger partial charge is 0.104 e. The van der Waals surface area contributed by atoms with Crippen molar-refractivity contribution in [1.29, 1.82) is 0 Å². The molecule has 0 aromatic heterocycles. The number of hydrogen-bond acceptors (Lipinski definition) is 6. The molecular formula is C86H168O6. The summed E-state index contributed by atoms with van der Waals surface area (Å²) >= 11 is 0. The first-order valence-corrected chi connectivity index (χ1v) is 41.9. The van der Waals surface area contributed by atoms with E-state index in [1.54, 1.807) is 0 Å². The average molecular weight is 1300 g/mol. The molecule has 548 valence electrons. The molecule has 3 fully saturated rings. The van der Waals surface area contributed by atoms with Gasteiger partial charge in [0.15, 0.2) is 0 Å². The lowest BCUT2D eigenvalue weighted by Crippen LogP contribution is -2.25. The zero-order chi connectivity index (χ0) is 67.1. The van der Waals surface area contributed by atoms with Crippen LogP contribution in [0.3, 0.4) is 0 Å². The van der Waals surface area contributed by atoms with Crippen LogP contribution in [0.4, 0.5) is 0 Å². The summed E-state index contributed by atoms with van der Waals surface area (Å²) in [6.45, 7) is 39.0. The van der Waals surface area contributed by atoms with Crippen LogP contribution in [0.25, 0.3) is 0 Å². The van der Waals surface area contributed by atoms with Crippen LogP contribution in [0.1, 0.15) is 379 Å². The Bertz CT molecular complexity index is 1510. The van der Waals surface area contributed by atoms with Crippen molar-refractivity contribution in [3.8, 4) is 0 Å². The van der Waals surface area contributed by atoms with Crippen molar-refractivity contribution in [2.24, 2.45) is 107 Å². The van der Waals surface area contributed by atoms with Gasteiger partial charge in [-0.05, 0) is 158 Å². The second kappa shape index (κ2) is 54.6. The zero-order valence-corrected chi connectivity index (χ0v) is 64.8. The highest BCUT2D eigenvalue weighted by atomic mass is 16.5. The fraction of sp³-hybridized carbons (Fsp3) is 1.00. The quantitative estimate of drug-likeness (QED) is 0.287. The van der Waals surface area contributed by atoms with E-state index in [2.05, 4.69) is 96.9 Å². The van der Waals surface area contributed by atoms with E-state index in [1.807, 2.05) is 0 Å². The summed E-state index contributed by atoms with van der Waals surface area (Å²) in [6, 6.07) is 0. The largest absolute Gasteiger partial charge is 0.394 e. The first-order chi connectivity index (χ1) is 44.3. The van der Waals surface area contributed by atoms with Gasteiger partial charge in [0.1, 0.15) is 12.2 Å². The van der Waals surface area contributed by atoms with Crippen molar-refractivity contribution in [2.75, 3.05) is 52.9 Å². The van der Waals surface area contributed by atoms with E-state index in [0.29, 0.717) is 36.9 Å². The van der Waals surface area contributed by atoms with E-state index in [9.17, 15) is 10.2 Å². The van der Waals surface area contributed by atoms with E-state index in [1.165, 1.54) is 257 Å². The normalized spacial score (nSPS) is 38.3. The molecule has 0 radical (unpaired) electrons. The summed E-state index contributed by atoms with van der Waals surface area (Å²) in [6.07, 6.45) is 59.9. The molecule has 0 aromatic rings. The van der Waals surface area contributed by atoms with Gasteiger partial charge >= 0.3 is 0 Å². The van der Waals surface area contributed by atoms with Crippen molar-refractivity contribution in [2.45, 2.75) is 392 Å². The second-order valence-electron chi connectivity index (χ2n) is 35.2. The van der Waals surface area contributed by atoms with Crippen molar-refractivity contribution in [3.05, 3.63) is 0 Å². The molecule has 6 nitrogen and oxygen atoms in total. The number of aliphatic hydroxyl groups excluding tert-OH is 2. The van der Waals surface area contributed by atoms with E-state index < -0.39 is 0 Å². The Hall–Kier alpha value is -0.240. The molecule has 0 aromatic carbocycles. The van der Waals surface area contributed by atoms with Crippen LogP contribution in [0.15, 0.2) is 0 Å². The molecule has 0 spiro atoms. The van der Waals surface area contributed by atoms with Crippen LogP contribution in [0.2, 0.25) is 0 Å². The average Bonchev–Trinajstić information content (AvgIpc) is 3.22. The van der Waals surface area contributed by atoms with Gasteiger partial charge in [-0.3, -0.25) is 0 Å². The number of aliphatic hydroxyl groups is 2. The lowest BCUT2D eigenvalue weighted by Gasteiger charge is -2.21. The van der Waals surface area contributed by atoms with Crippen LogP contribution in [-0.4, -0.2) is 75.3 Å². The van der Waals surface area contributed by atoms with Crippen LogP contribution in [-0.2, 0) is 18.9 Å². The van der Waals surface area contributed by atoms with Gasteiger partial charge in [-0.25, -0.2) is 0 Å². The minimum Gasteiger partial charge on any atom is -0.394 e. The Labute approximate surface area is 577 Å². The van der Waals surface area contributed by atoms with Gasteiger partial charge in [0.05, 0.1) is 26.4 Å². The summed E-state index contributed by atoms with van der Waals surface area (Å²) in [5, 5.41) is 20.1. The summed E-state index contributed by atoms with van der Waals surface area (Å²) in [5.74, 6) is 15.1. The molecule has 1 saturated heterocycles. The molecular weight excluding hydrogens is 1130 g/mol. The van der Waals surface area contributed by atoms with Gasteiger partial charge in [0.25, 0.3) is 0 Å². The Balaban J connectivity index is 1.34. The molecule has 2 aliphatic carbocycles. The van der Waals surface area contributed by atoms with E-state index in [-0.39, 0.29) is 25.4 Å². The van der Waals surface area contributed by atoms with Crippen LogP contribution >= 0.6 is 0 Å². The Morgan fingerprint density at radius 1 is 0.228 bits per heavy atom. The minimum atomic E-state index is -0.199. The molecule has 4 bridgehead atoms. The van der Waals surface area contributed by atoms with E-state index in [4.69, 9.17) is 18.9 Å². The maximum absolute atomic E-state index is 10.1. The topological polar surface area (TPSA) is 77.4 Å². The number of rotatable bonds is 2. The third-order valence-corrected chi connectivity index (χ3v) is 25.2. The summed E-state index contributed by atoms with van der Waals surface area (Å²) in [7, 11) is 0. The first-order valence-electron chi connectivity index (χ1n) is 41.9. The van der Waals surface area contributed by atoms with Gasteiger partial charge in [0.2, 0.25) is 0 Å². The van der Waals surface area contributed by atoms with Crippen LogP contribution < -0.4 is 0 Å². The van der Waals surface area contributed by atoms with Crippen molar-refractivity contribution < 1.29 is 29.2 Å². The third kappa shape index (κ3) is 44.7. The van der Waals surface area contributed by atoms with Gasteiger partial charge < -0.3 is 29.2 Å². The summed E-state index contributed by atoms with van der Waals surface area (Å²) in [4.78, 5) is 0. The summed E-state index contributed by atoms with van der Waals surface area (Å²) in [5.41, 5.74) is 0. The highest BCUT2D eigenvalue weighted by molar-refractivity contribution is 4.82. The fourth-order valence-electron chi connectivity index (χ4n) is 17.3. The zero-order valence-electron chi connectivity index (χ0n) is 64.8. The SMILES string of the molecule is CC1CCCC(C)CCCC(C)CCC(C)CCCC(C)C2CCC(CCCC(C)CCOC(CO)COCCC(C)CCCC(C)CCCC(C)CCCC(C)CCC(C)CCCC(C)C3CCC(CCCC(C)CCOC(CO)COCCC(C)CCC1)C3)C2. The van der Waals surface area contributed by atoms with Crippen molar-refractivity contribution in [1.82, 2.24) is 0 Å². The highest BCUT2D eigenvalue weighted by Crippen LogP contribution is 2.42. The minimum absolute atomic E-state index is 0.0468. The molecule has 2 saturated carbocycles. The molecule has 1 aliphatic heterocycles. The van der Waals surface area contributed by atoms with Gasteiger partial charge in [-0.1, -0.05) is 328 Å². The first kappa shape index (κ1) is 86.0. The molecule has 3 aliphatic rings.